The largest absolute Gasteiger partial charge is 0.357 e. The molecule has 0 radical (unpaired) electrons. The molecule has 22 heavy (non-hydrogen) atoms. The highest BCUT2D eigenvalue weighted by atomic mass is 127. The van der Waals surface area contributed by atoms with Crippen molar-refractivity contribution in [1.82, 2.24) is 15.6 Å². The maximum atomic E-state index is 6.14. The molecule has 0 amide bonds. The summed E-state index contributed by atoms with van der Waals surface area (Å²) in [5.41, 5.74) is 1.02. The third kappa shape index (κ3) is 6.10. The first-order valence-corrected chi connectivity index (χ1v) is 8.05. The molecule has 2 N–H and O–H groups in total. The molecule has 0 fully saturated rings. The van der Waals surface area contributed by atoms with Gasteiger partial charge in [0.1, 0.15) is 5.01 Å². The number of halogens is 2. The topological polar surface area (TPSA) is 49.3 Å². The zero-order valence-corrected chi connectivity index (χ0v) is 16.5. The first-order chi connectivity index (χ1) is 10.2. The van der Waals surface area contributed by atoms with E-state index in [0.717, 1.165) is 28.1 Å². The first-order valence-electron chi connectivity index (χ1n) is 6.86. The van der Waals surface area contributed by atoms with E-state index in [1.165, 1.54) is 4.88 Å². The molecule has 0 aliphatic rings. The van der Waals surface area contributed by atoms with Crippen LogP contribution in [0.3, 0.4) is 0 Å². The van der Waals surface area contributed by atoms with Crippen molar-refractivity contribution < 1.29 is 0 Å². The number of benzene rings is 1. The lowest BCUT2D eigenvalue weighted by Crippen LogP contribution is -2.36. The van der Waals surface area contributed by atoms with Gasteiger partial charge in [0.2, 0.25) is 0 Å². The molecule has 2 aromatic rings. The first kappa shape index (κ1) is 19.2. The molecule has 0 unspecified atom stereocenters. The summed E-state index contributed by atoms with van der Waals surface area (Å²) in [6.07, 6.45) is 1.88. The number of aryl methyl sites for hydroxylation is 1. The van der Waals surface area contributed by atoms with Gasteiger partial charge in [0.15, 0.2) is 5.96 Å². The minimum Gasteiger partial charge on any atom is -0.357 e. The quantitative estimate of drug-likeness (QED) is 0.412. The van der Waals surface area contributed by atoms with Crippen LogP contribution in [0.15, 0.2) is 35.5 Å². The molecular formula is C15H20ClIN4S. The fraction of sp³-hybridized carbons (Fsp3) is 0.333. The molecule has 0 aliphatic heterocycles. The van der Waals surface area contributed by atoms with Gasteiger partial charge >= 0.3 is 0 Å². The van der Waals surface area contributed by atoms with Crippen LogP contribution in [-0.2, 0) is 13.1 Å². The highest BCUT2D eigenvalue weighted by molar-refractivity contribution is 14.0. The molecule has 7 heteroatoms. The number of aliphatic imine (C=N–C) groups is 1. The third-order valence-corrected chi connectivity index (χ3v) is 4.07. The lowest BCUT2D eigenvalue weighted by atomic mass is 10.2. The highest BCUT2D eigenvalue weighted by Gasteiger charge is 2.02. The Labute approximate surface area is 157 Å². The fourth-order valence-corrected chi connectivity index (χ4v) is 2.70. The van der Waals surface area contributed by atoms with Crippen LogP contribution in [0.2, 0.25) is 5.02 Å². The number of guanidine groups is 1. The third-order valence-electron chi connectivity index (χ3n) is 2.79. The van der Waals surface area contributed by atoms with Crippen molar-refractivity contribution in [3.8, 4) is 0 Å². The molecule has 0 saturated carbocycles. The van der Waals surface area contributed by atoms with Crippen LogP contribution in [0.25, 0.3) is 0 Å². The number of hydrogen-bond acceptors (Lipinski definition) is 3. The van der Waals surface area contributed by atoms with Crippen molar-refractivity contribution >= 4 is 52.9 Å². The highest BCUT2D eigenvalue weighted by Crippen LogP contribution is 2.15. The molecule has 0 aliphatic carbocycles. The molecule has 120 valence electrons. The molecule has 1 heterocycles. The number of nitrogens with one attached hydrogen (secondary N) is 2. The second-order valence-corrected chi connectivity index (χ2v) is 6.23. The number of thiazole rings is 1. The van der Waals surface area contributed by atoms with Crippen molar-refractivity contribution in [3.63, 3.8) is 0 Å². The van der Waals surface area contributed by atoms with Gasteiger partial charge in [0.05, 0.1) is 13.1 Å². The zero-order valence-electron chi connectivity index (χ0n) is 12.6. The van der Waals surface area contributed by atoms with Gasteiger partial charge in [-0.05, 0) is 25.5 Å². The van der Waals surface area contributed by atoms with E-state index in [-0.39, 0.29) is 24.0 Å². The van der Waals surface area contributed by atoms with Crippen molar-refractivity contribution in [1.29, 1.82) is 0 Å². The summed E-state index contributed by atoms with van der Waals surface area (Å²) in [6, 6.07) is 7.75. The van der Waals surface area contributed by atoms with E-state index >= 15 is 0 Å². The Hall–Kier alpha value is -0.860. The average molecular weight is 451 g/mol. The summed E-state index contributed by atoms with van der Waals surface area (Å²) in [6.45, 7) is 6.13. The van der Waals surface area contributed by atoms with E-state index in [1.807, 2.05) is 37.4 Å². The minimum atomic E-state index is 0. The molecule has 0 spiro atoms. The molecule has 0 saturated heterocycles. The summed E-state index contributed by atoms with van der Waals surface area (Å²) >= 11 is 7.83. The van der Waals surface area contributed by atoms with Crippen LogP contribution in [0.1, 0.15) is 22.4 Å². The van der Waals surface area contributed by atoms with Gasteiger partial charge in [-0.3, -0.25) is 0 Å². The molecule has 4 nitrogen and oxygen atoms in total. The summed E-state index contributed by atoms with van der Waals surface area (Å²) in [5.74, 6) is 0.769. The Morgan fingerprint density at radius 1 is 1.32 bits per heavy atom. The van der Waals surface area contributed by atoms with Gasteiger partial charge in [0, 0.05) is 22.6 Å². The molecule has 1 aromatic heterocycles. The van der Waals surface area contributed by atoms with Gasteiger partial charge < -0.3 is 10.6 Å². The predicted molar refractivity (Wildman–Crippen MR) is 105 cm³/mol. The van der Waals surface area contributed by atoms with Crippen molar-refractivity contribution in [2.75, 3.05) is 6.54 Å². The van der Waals surface area contributed by atoms with E-state index in [9.17, 15) is 0 Å². The van der Waals surface area contributed by atoms with Crippen molar-refractivity contribution in [3.05, 3.63) is 50.9 Å². The van der Waals surface area contributed by atoms with Crippen LogP contribution in [0, 0.1) is 6.92 Å². The van der Waals surface area contributed by atoms with Crippen molar-refractivity contribution in [2.24, 2.45) is 4.99 Å². The van der Waals surface area contributed by atoms with Gasteiger partial charge in [-0.1, -0.05) is 29.8 Å². The Morgan fingerprint density at radius 2 is 2.09 bits per heavy atom. The monoisotopic (exact) mass is 450 g/mol. The number of nitrogens with zero attached hydrogens (tertiary/aromatic N) is 2. The van der Waals surface area contributed by atoms with Crippen LogP contribution < -0.4 is 10.6 Å². The Morgan fingerprint density at radius 3 is 2.73 bits per heavy atom. The van der Waals surface area contributed by atoms with Gasteiger partial charge in [-0.25, -0.2) is 9.98 Å². The molecular weight excluding hydrogens is 431 g/mol. The Bertz CT molecular complexity index is 615. The second-order valence-electron chi connectivity index (χ2n) is 4.50. The predicted octanol–water partition coefficient (Wildman–Crippen LogP) is 3.98. The van der Waals surface area contributed by atoms with Gasteiger partial charge in [-0.15, -0.1) is 35.3 Å². The smallest absolute Gasteiger partial charge is 0.191 e. The second kappa shape index (κ2) is 10.0. The lowest BCUT2D eigenvalue weighted by Gasteiger charge is -2.10. The maximum absolute atomic E-state index is 6.14. The van der Waals surface area contributed by atoms with Gasteiger partial charge in [0.25, 0.3) is 0 Å². The van der Waals surface area contributed by atoms with Crippen LogP contribution in [-0.4, -0.2) is 17.5 Å². The minimum absolute atomic E-state index is 0. The SMILES string of the molecule is CCNC(=NCc1ccccc1Cl)NCc1ncc(C)s1.I. The molecule has 1 aromatic carbocycles. The van der Waals surface area contributed by atoms with E-state index in [4.69, 9.17) is 11.6 Å². The van der Waals surface area contributed by atoms with Crippen LogP contribution in [0.5, 0.6) is 0 Å². The van der Waals surface area contributed by atoms with Crippen LogP contribution >= 0.6 is 46.9 Å². The molecule has 0 bridgehead atoms. The summed E-state index contributed by atoms with van der Waals surface area (Å²) in [7, 11) is 0. The molecule has 0 atom stereocenters. The van der Waals surface area contributed by atoms with E-state index in [1.54, 1.807) is 11.3 Å². The summed E-state index contributed by atoms with van der Waals surface area (Å²) in [4.78, 5) is 10.1. The normalized spacial score (nSPS) is 11.0. The van der Waals surface area contributed by atoms with E-state index in [0.29, 0.717) is 13.1 Å². The zero-order chi connectivity index (χ0) is 15.1. The molecule has 2 rings (SSSR count). The summed E-state index contributed by atoms with van der Waals surface area (Å²) in [5, 5.41) is 8.30. The maximum Gasteiger partial charge on any atom is 0.191 e. The van der Waals surface area contributed by atoms with E-state index < -0.39 is 0 Å². The Kier molecular flexibility index (Phi) is 8.74. The standard InChI is InChI=1S/C15H19ClN4S.HI/c1-3-17-15(20-10-14-18-8-11(2)21-14)19-9-12-6-4-5-7-13(12)16;/h4-8H,3,9-10H2,1-2H3,(H2,17,19,20);1H. The van der Waals surface area contributed by atoms with Crippen LogP contribution in [0.4, 0.5) is 0 Å². The lowest BCUT2D eigenvalue weighted by molar-refractivity contribution is 0.811. The van der Waals surface area contributed by atoms with Gasteiger partial charge in [-0.2, -0.15) is 0 Å². The number of rotatable bonds is 5. The number of aromatic nitrogens is 1. The fourth-order valence-electron chi connectivity index (χ4n) is 1.78. The Balaban J connectivity index is 0.00000242. The van der Waals surface area contributed by atoms with Crippen molar-refractivity contribution in [2.45, 2.75) is 26.9 Å². The van der Waals surface area contributed by atoms with E-state index in [2.05, 4.69) is 27.5 Å². The average Bonchev–Trinajstić information content (AvgIpc) is 2.89. The summed E-state index contributed by atoms with van der Waals surface area (Å²) < 4.78 is 0. The number of hydrogen-bond donors (Lipinski definition) is 2.